The number of nitrogens with one attached hydrogen (secondary N) is 3. The Labute approximate surface area is 223 Å². The second-order valence-electron chi connectivity index (χ2n) is 11.6. The lowest BCUT2D eigenvalue weighted by atomic mass is 9.80. The third-order valence-electron chi connectivity index (χ3n) is 5.43. The number of nitrogens with two attached hydrogens (primary N) is 1. The molecule has 1 aliphatic carbocycles. The van der Waals surface area contributed by atoms with Crippen LogP contribution in [0.4, 0.5) is 4.79 Å². The third-order valence-corrected chi connectivity index (χ3v) is 5.43. The highest BCUT2D eigenvalue weighted by atomic mass is 16.2. The maximum absolute atomic E-state index is 12.8. The van der Waals surface area contributed by atoms with Crippen molar-refractivity contribution in [1.29, 1.82) is 0 Å². The number of likely N-dealkylation sites (tertiary alicyclic amines) is 1. The summed E-state index contributed by atoms with van der Waals surface area (Å²) in [6.45, 7) is 16.4. The van der Waals surface area contributed by atoms with E-state index in [1.54, 1.807) is 0 Å². The first-order chi connectivity index (χ1) is 17.1. The molecule has 2 atom stereocenters. The second kappa shape index (κ2) is 17.0. The van der Waals surface area contributed by atoms with Crippen LogP contribution in [0.5, 0.6) is 0 Å². The number of hydrogen-bond donors (Lipinski definition) is 4. The number of urea groups is 1. The fraction of sp³-hybridized carbons (Fsp3) is 0.815. The van der Waals surface area contributed by atoms with Gasteiger partial charge in [-0.15, -0.1) is 0 Å². The van der Waals surface area contributed by atoms with E-state index in [2.05, 4.69) is 50.6 Å². The van der Waals surface area contributed by atoms with Crippen LogP contribution in [0.3, 0.4) is 0 Å². The van der Waals surface area contributed by atoms with Gasteiger partial charge in [0.05, 0.1) is 12.6 Å². The van der Waals surface area contributed by atoms with Gasteiger partial charge < -0.3 is 26.6 Å². The van der Waals surface area contributed by atoms with Gasteiger partial charge in [-0.1, -0.05) is 60.3 Å². The Balaban J connectivity index is 0.00000165. The van der Waals surface area contributed by atoms with Gasteiger partial charge in [0.15, 0.2) is 0 Å². The Morgan fingerprint density at radius 3 is 1.95 bits per heavy atom. The molecule has 5 amide bonds. The first kappa shape index (κ1) is 34.4. The summed E-state index contributed by atoms with van der Waals surface area (Å²) in [4.78, 5) is 62.1. The van der Waals surface area contributed by atoms with Crippen LogP contribution in [-0.2, 0) is 19.2 Å². The summed E-state index contributed by atoms with van der Waals surface area (Å²) in [5.41, 5.74) is 4.70. The number of amides is 5. The van der Waals surface area contributed by atoms with E-state index < -0.39 is 41.3 Å². The van der Waals surface area contributed by atoms with Crippen LogP contribution in [0.25, 0.3) is 0 Å². The van der Waals surface area contributed by atoms with Crippen LogP contribution >= 0.6 is 0 Å². The predicted molar refractivity (Wildman–Crippen MR) is 146 cm³/mol. The molecule has 2 aliphatic rings. The predicted octanol–water partition coefficient (Wildman–Crippen LogP) is 2.88. The topological polar surface area (TPSA) is 151 Å². The van der Waals surface area contributed by atoms with Crippen molar-refractivity contribution < 1.29 is 24.0 Å². The molecule has 2 unspecified atom stereocenters. The average molecular weight is 526 g/mol. The first-order valence-electron chi connectivity index (χ1n) is 13.6. The van der Waals surface area contributed by atoms with Gasteiger partial charge in [0.1, 0.15) is 6.04 Å². The number of hydrogen-bond acceptors (Lipinski definition) is 5. The van der Waals surface area contributed by atoms with E-state index in [9.17, 15) is 24.0 Å². The lowest BCUT2D eigenvalue weighted by Crippen LogP contribution is -2.55. The normalized spacial score (nSPS) is 17.8. The lowest BCUT2D eigenvalue weighted by Gasteiger charge is -2.30. The van der Waals surface area contributed by atoms with Crippen LogP contribution in [-0.4, -0.2) is 65.1 Å². The van der Waals surface area contributed by atoms with Crippen LogP contribution in [0.15, 0.2) is 0 Å². The molecular formula is C27H51N5O5. The minimum Gasteiger partial charge on any atom is -0.363 e. The van der Waals surface area contributed by atoms with Gasteiger partial charge in [-0.2, -0.15) is 0 Å². The standard InChI is InChI=1S/C20H33N5O5.C4H10.C3H8/c1-20(2,3)24-19(30)22-11-15(26)25-9-5-8-14(25)18(29)23-13(16(27)17(21)28)10-12-6-4-7-12;1-4(2)3;1-3-2/h12-14H,4-11H2,1-3H3,(H2,21,28)(H,23,29)(H2,22,24,30);4H,1-3H3;3H2,1-2H3. The number of carbonyl (C=O) groups is 5. The maximum Gasteiger partial charge on any atom is 0.315 e. The first-order valence-corrected chi connectivity index (χ1v) is 13.6. The van der Waals surface area contributed by atoms with Gasteiger partial charge in [-0.05, 0) is 51.9 Å². The number of primary amides is 1. The minimum atomic E-state index is -1.08. The molecule has 1 heterocycles. The van der Waals surface area contributed by atoms with Crippen molar-refractivity contribution in [2.75, 3.05) is 13.1 Å². The van der Waals surface area contributed by atoms with Gasteiger partial charge in [-0.3, -0.25) is 19.2 Å². The van der Waals surface area contributed by atoms with E-state index in [0.717, 1.165) is 25.2 Å². The second-order valence-corrected chi connectivity index (χ2v) is 11.6. The molecule has 1 saturated heterocycles. The lowest BCUT2D eigenvalue weighted by molar-refractivity contribution is -0.141. The van der Waals surface area contributed by atoms with E-state index in [0.29, 0.717) is 25.8 Å². The summed E-state index contributed by atoms with van der Waals surface area (Å²) < 4.78 is 0. The molecule has 0 radical (unpaired) electrons. The Bertz CT molecular complexity index is 756. The zero-order chi connectivity index (χ0) is 28.8. The molecule has 2 rings (SSSR count). The molecule has 37 heavy (non-hydrogen) atoms. The SMILES string of the molecule is CC(C)(C)NC(=O)NCC(=O)N1CCCC1C(=O)NC(CC1CCC1)C(=O)C(N)=O.CC(C)C.CCC. The molecule has 10 nitrogen and oxygen atoms in total. The number of rotatable bonds is 8. The molecule has 0 aromatic heterocycles. The Morgan fingerprint density at radius 2 is 1.51 bits per heavy atom. The maximum atomic E-state index is 12.8. The van der Waals surface area contributed by atoms with Crippen molar-refractivity contribution in [1.82, 2.24) is 20.9 Å². The number of nitrogens with zero attached hydrogens (tertiary/aromatic N) is 1. The van der Waals surface area contributed by atoms with Crippen LogP contribution in [0.2, 0.25) is 0 Å². The average Bonchev–Trinajstić information content (AvgIpc) is 3.22. The molecule has 10 heteroatoms. The minimum absolute atomic E-state index is 0.239. The molecule has 0 bridgehead atoms. The highest BCUT2D eigenvalue weighted by Gasteiger charge is 2.37. The molecule has 214 valence electrons. The monoisotopic (exact) mass is 525 g/mol. The summed E-state index contributed by atoms with van der Waals surface area (Å²) in [7, 11) is 0. The molecule has 2 fully saturated rings. The number of carbonyl (C=O) groups excluding carboxylic acids is 5. The van der Waals surface area contributed by atoms with Gasteiger partial charge in [0, 0.05) is 12.1 Å². The highest BCUT2D eigenvalue weighted by molar-refractivity contribution is 6.37. The molecular weight excluding hydrogens is 474 g/mol. The van der Waals surface area contributed by atoms with E-state index in [1.165, 1.54) is 11.3 Å². The Morgan fingerprint density at radius 1 is 0.973 bits per heavy atom. The summed E-state index contributed by atoms with van der Waals surface area (Å²) >= 11 is 0. The molecule has 0 spiro atoms. The van der Waals surface area contributed by atoms with Gasteiger partial charge in [0.2, 0.25) is 17.6 Å². The van der Waals surface area contributed by atoms with Crippen molar-refractivity contribution in [3.8, 4) is 0 Å². The number of Topliss-reactive ketones (excluding diaryl/α,β-unsaturated/α-hetero) is 1. The van der Waals surface area contributed by atoms with Crippen molar-refractivity contribution in [2.45, 2.75) is 118 Å². The summed E-state index contributed by atoms with van der Waals surface area (Å²) in [5, 5.41) is 7.84. The zero-order valence-electron chi connectivity index (χ0n) is 24.2. The summed E-state index contributed by atoms with van der Waals surface area (Å²) in [6.07, 6.45) is 5.69. The van der Waals surface area contributed by atoms with E-state index >= 15 is 0 Å². The fourth-order valence-electron chi connectivity index (χ4n) is 3.71. The van der Waals surface area contributed by atoms with Crippen LogP contribution < -0.4 is 21.7 Å². The van der Waals surface area contributed by atoms with Gasteiger partial charge >= 0.3 is 6.03 Å². The van der Waals surface area contributed by atoms with Crippen LogP contribution in [0.1, 0.15) is 100 Å². The van der Waals surface area contributed by atoms with Crippen molar-refractivity contribution in [2.24, 2.45) is 17.6 Å². The van der Waals surface area contributed by atoms with Crippen molar-refractivity contribution in [3.05, 3.63) is 0 Å². The molecule has 1 saturated carbocycles. The van der Waals surface area contributed by atoms with E-state index in [-0.39, 0.29) is 18.4 Å². The van der Waals surface area contributed by atoms with Gasteiger partial charge in [0.25, 0.3) is 5.91 Å². The van der Waals surface area contributed by atoms with Crippen molar-refractivity contribution >= 4 is 29.5 Å². The zero-order valence-corrected chi connectivity index (χ0v) is 24.2. The smallest absolute Gasteiger partial charge is 0.315 e. The quantitative estimate of drug-likeness (QED) is 0.359. The Kier molecular flexibility index (Phi) is 15.8. The Hall–Kier alpha value is -2.65. The van der Waals surface area contributed by atoms with Crippen molar-refractivity contribution in [3.63, 3.8) is 0 Å². The third kappa shape index (κ3) is 14.6. The van der Waals surface area contributed by atoms with Gasteiger partial charge in [-0.25, -0.2) is 4.79 Å². The highest BCUT2D eigenvalue weighted by Crippen LogP contribution is 2.30. The fourth-order valence-corrected chi connectivity index (χ4v) is 3.71. The molecule has 1 aliphatic heterocycles. The summed E-state index contributed by atoms with van der Waals surface area (Å²) in [5.74, 6) is -1.63. The largest absolute Gasteiger partial charge is 0.363 e. The van der Waals surface area contributed by atoms with E-state index in [4.69, 9.17) is 5.73 Å². The van der Waals surface area contributed by atoms with E-state index in [1.807, 2.05) is 20.8 Å². The molecule has 0 aromatic carbocycles. The summed E-state index contributed by atoms with van der Waals surface area (Å²) in [6, 6.07) is -2.17. The van der Waals surface area contributed by atoms with Crippen LogP contribution in [0, 0.1) is 11.8 Å². The molecule has 0 aromatic rings. The number of ketones is 1. The molecule has 5 N–H and O–H groups in total.